The predicted molar refractivity (Wildman–Crippen MR) is 82.8 cm³/mol. The third-order valence-corrected chi connectivity index (χ3v) is 3.37. The van der Waals surface area contributed by atoms with Gasteiger partial charge in [-0.15, -0.1) is 0 Å². The molecule has 22 heavy (non-hydrogen) atoms. The molecule has 0 spiro atoms. The molecule has 0 fully saturated rings. The molecular formula is C18H13NO3. The second kappa shape index (κ2) is 6.15. The van der Waals surface area contributed by atoms with Crippen LogP contribution in [0.3, 0.4) is 0 Å². The standard InChI is InChI=1S/C18H13NO3/c19-11-14-12-22-17-7-6-15(10-16(17)18(14)20)21-9-8-13-4-2-1-3-5-13/h1-7,10,12H,8-9H2. The number of ether oxygens (including phenoxy) is 1. The molecule has 0 amide bonds. The minimum absolute atomic E-state index is 0.00562. The fourth-order valence-electron chi connectivity index (χ4n) is 2.21. The number of fused-ring (bicyclic) bond motifs is 1. The third kappa shape index (κ3) is 2.84. The van der Waals surface area contributed by atoms with Gasteiger partial charge in [-0.2, -0.15) is 5.26 Å². The average Bonchev–Trinajstić information content (AvgIpc) is 2.57. The Hall–Kier alpha value is -3.06. The normalized spacial score (nSPS) is 10.3. The first-order valence-corrected chi connectivity index (χ1v) is 6.90. The molecular weight excluding hydrogens is 278 g/mol. The van der Waals surface area contributed by atoms with E-state index in [1.165, 1.54) is 11.8 Å². The Bertz CT molecular complexity index is 892. The van der Waals surface area contributed by atoms with Crippen LogP contribution in [0, 0.1) is 11.3 Å². The highest BCUT2D eigenvalue weighted by atomic mass is 16.5. The van der Waals surface area contributed by atoms with Crippen molar-refractivity contribution < 1.29 is 9.15 Å². The van der Waals surface area contributed by atoms with Crippen LogP contribution < -0.4 is 10.2 Å². The summed E-state index contributed by atoms with van der Waals surface area (Å²) in [5.74, 6) is 0.589. The Kier molecular flexibility index (Phi) is 3.88. The second-order valence-corrected chi connectivity index (χ2v) is 4.83. The Morgan fingerprint density at radius 3 is 2.73 bits per heavy atom. The molecule has 3 rings (SSSR count). The van der Waals surface area contributed by atoms with E-state index in [4.69, 9.17) is 14.4 Å². The van der Waals surface area contributed by atoms with Gasteiger partial charge >= 0.3 is 0 Å². The number of nitriles is 1. The highest BCUT2D eigenvalue weighted by Crippen LogP contribution is 2.19. The van der Waals surface area contributed by atoms with Crippen LogP contribution in [0.1, 0.15) is 11.1 Å². The molecule has 1 aromatic heterocycles. The van der Waals surface area contributed by atoms with Gasteiger partial charge in [-0.3, -0.25) is 4.79 Å². The fraction of sp³-hybridized carbons (Fsp3) is 0.111. The molecule has 0 saturated heterocycles. The van der Waals surface area contributed by atoms with Crippen LogP contribution in [-0.4, -0.2) is 6.61 Å². The zero-order valence-corrected chi connectivity index (χ0v) is 11.8. The van der Waals surface area contributed by atoms with E-state index in [1.807, 2.05) is 36.4 Å². The van der Waals surface area contributed by atoms with Crippen LogP contribution in [0.2, 0.25) is 0 Å². The Labute approximate surface area is 127 Å². The maximum absolute atomic E-state index is 12.1. The molecule has 3 aromatic rings. The van der Waals surface area contributed by atoms with E-state index in [2.05, 4.69) is 0 Å². The quantitative estimate of drug-likeness (QED) is 0.740. The fourth-order valence-corrected chi connectivity index (χ4v) is 2.21. The van der Waals surface area contributed by atoms with Crippen LogP contribution in [0.4, 0.5) is 0 Å². The highest BCUT2D eigenvalue weighted by molar-refractivity contribution is 5.79. The van der Waals surface area contributed by atoms with Gasteiger partial charge in [0.1, 0.15) is 29.2 Å². The molecule has 0 radical (unpaired) electrons. The Morgan fingerprint density at radius 1 is 1.14 bits per heavy atom. The molecule has 0 aliphatic carbocycles. The lowest BCUT2D eigenvalue weighted by Gasteiger charge is -2.07. The van der Waals surface area contributed by atoms with E-state index in [-0.39, 0.29) is 11.0 Å². The molecule has 108 valence electrons. The molecule has 0 unspecified atom stereocenters. The topological polar surface area (TPSA) is 63.2 Å². The summed E-state index contributed by atoms with van der Waals surface area (Å²) in [5.41, 5.74) is 1.29. The summed E-state index contributed by atoms with van der Waals surface area (Å²) in [6.45, 7) is 0.513. The summed E-state index contributed by atoms with van der Waals surface area (Å²) < 4.78 is 10.9. The van der Waals surface area contributed by atoms with E-state index < -0.39 is 0 Å². The van der Waals surface area contributed by atoms with E-state index in [0.717, 1.165) is 6.42 Å². The third-order valence-electron chi connectivity index (χ3n) is 3.37. The molecule has 4 nitrogen and oxygen atoms in total. The van der Waals surface area contributed by atoms with Crippen molar-refractivity contribution >= 4 is 11.0 Å². The highest BCUT2D eigenvalue weighted by Gasteiger charge is 2.07. The van der Waals surface area contributed by atoms with Gasteiger partial charge in [0.2, 0.25) is 5.43 Å². The largest absolute Gasteiger partial charge is 0.493 e. The van der Waals surface area contributed by atoms with Gasteiger partial charge in [0.15, 0.2) is 0 Å². The maximum Gasteiger partial charge on any atom is 0.210 e. The molecule has 2 aromatic carbocycles. The number of rotatable bonds is 4. The van der Waals surface area contributed by atoms with Gasteiger partial charge < -0.3 is 9.15 Å². The van der Waals surface area contributed by atoms with E-state index in [1.54, 1.807) is 18.2 Å². The van der Waals surface area contributed by atoms with Gasteiger partial charge in [-0.1, -0.05) is 30.3 Å². The Balaban J connectivity index is 1.79. The zero-order valence-electron chi connectivity index (χ0n) is 11.8. The first-order chi connectivity index (χ1) is 10.8. The molecule has 0 N–H and O–H groups in total. The summed E-state index contributed by atoms with van der Waals surface area (Å²) in [7, 11) is 0. The summed E-state index contributed by atoms with van der Waals surface area (Å²) in [4.78, 5) is 12.1. The number of nitrogens with zero attached hydrogens (tertiary/aromatic N) is 1. The van der Waals surface area contributed by atoms with E-state index in [9.17, 15) is 4.79 Å². The average molecular weight is 291 g/mol. The summed E-state index contributed by atoms with van der Waals surface area (Å²) >= 11 is 0. The molecule has 0 saturated carbocycles. The van der Waals surface area contributed by atoms with Gasteiger partial charge in [0.25, 0.3) is 0 Å². The number of hydrogen-bond acceptors (Lipinski definition) is 4. The van der Waals surface area contributed by atoms with Crippen molar-refractivity contribution in [2.45, 2.75) is 6.42 Å². The van der Waals surface area contributed by atoms with Crippen LogP contribution >= 0.6 is 0 Å². The van der Waals surface area contributed by atoms with Crippen molar-refractivity contribution in [3.05, 3.63) is 76.1 Å². The first-order valence-electron chi connectivity index (χ1n) is 6.90. The van der Waals surface area contributed by atoms with E-state index >= 15 is 0 Å². The molecule has 0 aliphatic heterocycles. The van der Waals surface area contributed by atoms with Gasteiger partial charge in [0, 0.05) is 6.42 Å². The maximum atomic E-state index is 12.1. The molecule has 0 bridgehead atoms. The van der Waals surface area contributed by atoms with Gasteiger partial charge in [-0.25, -0.2) is 0 Å². The van der Waals surface area contributed by atoms with Crippen LogP contribution in [-0.2, 0) is 6.42 Å². The Morgan fingerprint density at radius 2 is 1.95 bits per heavy atom. The summed E-state index contributed by atoms with van der Waals surface area (Å²) in [6.07, 6.45) is 1.96. The molecule has 0 atom stereocenters. The van der Waals surface area contributed by atoms with Crippen molar-refractivity contribution in [3.63, 3.8) is 0 Å². The second-order valence-electron chi connectivity index (χ2n) is 4.83. The van der Waals surface area contributed by atoms with Crippen LogP contribution in [0.15, 0.2) is 64.0 Å². The summed E-state index contributed by atoms with van der Waals surface area (Å²) in [6, 6.07) is 16.9. The lowest BCUT2D eigenvalue weighted by Crippen LogP contribution is -2.06. The molecule has 0 aliphatic rings. The molecule has 1 heterocycles. The van der Waals surface area contributed by atoms with Crippen molar-refractivity contribution in [3.8, 4) is 11.8 Å². The van der Waals surface area contributed by atoms with Crippen LogP contribution in [0.5, 0.6) is 5.75 Å². The van der Waals surface area contributed by atoms with Gasteiger partial charge in [0.05, 0.1) is 12.0 Å². The molecule has 4 heteroatoms. The van der Waals surface area contributed by atoms with E-state index in [0.29, 0.717) is 23.3 Å². The van der Waals surface area contributed by atoms with Crippen molar-refractivity contribution in [1.82, 2.24) is 0 Å². The minimum atomic E-state index is -0.336. The SMILES string of the molecule is N#Cc1coc2ccc(OCCc3ccccc3)cc2c1=O. The summed E-state index contributed by atoms with van der Waals surface area (Å²) in [5, 5.41) is 9.23. The monoisotopic (exact) mass is 291 g/mol. The van der Waals surface area contributed by atoms with Crippen molar-refractivity contribution in [2.75, 3.05) is 6.61 Å². The zero-order chi connectivity index (χ0) is 15.4. The number of benzene rings is 2. The lowest BCUT2D eigenvalue weighted by molar-refractivity contribution is 0.322. The van der Waals surface area contributed by atoms with Crippen molar-refractivity contribution in [1.29, 1.82) is 5.26 Å². The predicted octanol–water partition coefficient (Wildman–Crippen LogP) is 3.29. The van der Waals surface area contributed by atoms with Gasteiger partial charge in [-0.05, 0) is 23.8 Å². The smallest absolute Gasteiger partial charge is 0.210 e. The van der Waals surface area contributed by atoms with Crippen LogP contribution in [0.25, 0.3) is 11.0 Å². The van der Waals surface area contributed by atoms with Crippen molar-refractivity contribution in [2.24, 2.45) is 0 Å². The number of hydrogen-bond donors (Lipinski definition) is 0. The first kappa shape index (κ1) is 13.9. The minimum Gasteiger partial charge on any atom is -0.493 e. The lowest BCUT2D eigenvalue weighted by atomic mass is 10.1.